The van der Waals surface area contributed by atoms with Crippen LogP contribution in [0.5, 0.6) is 0 Å². The molecule has 0 amide bonds. The number of aromatic nitrogens is 2. The van der Waals surface area contributed by atoms with Crippen LogP contribution in [0.1, 0.15) is 35.8 Å². The number of benzene rings is 8. The van der Waals surface area contributed by atoms with E-state index in [2.05, 4.69) is 240 Å². The lowest BCUT2D eigenvalue weighted by Crippen LogP contribution is -2.32. The predicted octanol–water partition coefficient (Wildman–Crippen LogP) is 12.1. The maximum atomic E-state index is 2.53. The van der Waals surface area contributed by atoms with Crippen LogP contribution in [-0.2, 0) is 0 Å². The lowest BCUT2D eigenvalue weighted by atomic mass is 9.87. The zero-order valence-corrected chi connectivity index (χ0v) is 34.4. The van der Waals surface area contributed by atoms with Gasteiger partial charge in [-0.15, -0.1) is 0 Å². The molecule has 2 heterocycles. The van der Waals surface area contributed by atoms with Crippen LogP contribution >= 0.6 is 0 Å². The van der Waals surface area contributed by atoms with Gasteiger partial charge in [-0.3, -0.25) is 0 Å². The Morgan fingerprint density at radius 3 is 1.31 bits per heavy atom. The van der Waals surface area contributed by atoms with Crippen LogP contribution in [0, 0.1) is 0 Å². The van der Waals surface area contributed by atoms with Crippen LogP contribution in [0.2, 0.25) is 0 Å². The molecular formula is C60H44N2. The van der Waals surface area contributed by atoms with E-state index >= 15 is 0 Å². The molecule has 12 rings (SSSR count). The smallest absolute Gasteiger partial charge is 0.0541 e. The zero-order chi connectivity index (χ0) is 41.0. The molecule has 10 aromatic rings. The van der Waals surface area contributed by atoms with Crippen molar-refractivity contribution in [2.45, 2.75) is 24.7 Å². The van der Waals surface area contributed by atoms with E-state index in [9.17, 15) is 0 Å². The van der Waals surface area contributed by atoms with E-state index < -0.39 is 0 Å². The Morgan fingerprint density at radius 2 is 0.742 bits per heavy atom. The summed E-state index contributed by atoms with van der Waals surface area (Å²) in [6, 6.07) is 75.5. The fourth-order valence-electron chi connectivity index (χ4n) is 10.1. The monoisotopic (exact) mass is 792 g/mol. The molecule has 2 aliphatic carbocycles. The van der Waals surface area contributed by atoms with E-state index in [4.69, 9.17) is 0 Å². The first-order chi connectivity index (χ1) is 30.7. The van der Waals surface area contributed by atoms with Gasteiger partial charge in [0.2, 0.25) is 0 Å². The maximum Gasteiger partial charge on any atom is 0.0541 e. The van der Waals surface area contributed by atoms with Gasteiger partial charge in [0.25, 0.3) is 0 Å². The molecule has 2 aromatic heterocycles. The summed E-state index contributed by atoms with van der Waals surface area (Å²) in [6.45, 7) is 0. The largest absolute Gasteiger partial charge is 0.310 e. The Kier molecular flexibility index (Phi) is 8.81. The molecule has 0 saturated heterocycles. The molecule has 0 bridgehead atoms. The highest BCUT2D eigenvalue weighted by Gasteiger charge is 2.20. The lowest BCUT2D eigenvalue weighted by Gasteiger charge is -2.18. The van der Waals surface area contributed by atoms with Crippen molar-refractivity contribution >= 4 is 46.1 Å². The van der Waals surface area contributed by atoms with Crippen LogP contribution < -0.4 is 21.1 Å². The summed E-state index contributed by atoms with van der Waals surface area (Å²) < 4.78 is 4.87. The quantitative estimate of drug-likeness (QED) is 0.152. The summed E-state index contributed by atoms with van der Waals surface area (Å²) in [5, 5.41) is 7.84. The molecule has 0 spiro atoms. The minimum absolute atomic E-state index is 0.290. The van der Waals surface area contributed by atoms with Crippen LogP contribution in [0.4, 0.5) is 0 Å². The first-order valence-corrected chi connectivity index (χ1v) is 21.9. The van der Waals surface area contributed by atoms with Crippen molar-refractivity contribution in [1.82, 2.24) is 9.13 Å². The fraction of sp³-hybridized carbons (Fsp3) is 0.0667. The van der Waals surface area contributed by atoms with Gasteiger partial charge in [-0.2, -0.15) is 0 Å². The highest BCUT2D eigenvalue weighted by atomic mass is 15.0. The molecule has 2 nitrogen and oxygen atoms in total. The van der Waals surface area contributed by atoms with Gasteiger partial charge >= 0.3 is 0 Å². The summed E-state index contributed by atoms with van der Waals surface area (Å²) >= 11 is 0. The summed E-state index contributed by atoms with van der Waals surface area (Å²) in [7, 11) is 0. The van der Waals surface area contributed by atoms with Crippen molar-refractivity contribution in [2.75, 3.05) is 0 Å². The standard InChI is InChI=1S/C60H44N2/c1-4-13-41(14-5-1)46-15-12-16-47(37-46)42-23-25-44(26-24-42)49-32-35-59-55(39-49)56-40-50(33-36-60(56)62(59)52-19-8-3-9-20-52)45-29-27-43(28-30-45)48-31-34-58-54(38-48)53-21-10-11-22-57(53)61(58)51-17-6-2-7-18-51/h1-30,32,34-40,48,50H,31,33H2. The van der Waals surface area contributed by atoms with Crippen LogP contribution in [0.3, 0.4) is 0 Å². The molecule has 2 heteroatoms. The first-order valence-electron chi connectivity index (χ1n) is 21.9. The van der Waals surface area contributed by atoms with Crippen molar-refractivity contribution in [3.8, 4) is 44.8 Å². The second-order valence-electron chi connectivity index (χ2n) is 16.8. The number of rotatable bonds is 7. The molecule has 62 heavy (non-hydrogen) atoms. The van der Waals surface area contributed by atoms with Crippen molar-refractivity contribution in [3.05, 3.63) is 239 Å². The van der Waals surface area contributed by atoms with Crippen LogP contribution in [0.15, 0.2) is 206 Å². The zero-order valence-electron chi connectivity index (χ0n) is 34.4. The van der Waals surface area contributed by atoms with E-state index in [0.717, 1.165) is 12.8 Å². The number of hydrogen-bond donors (Lipinski definition) is 0. The van der Waals surface area contributed by atoms with Crippen molar-refractivity contribution in [1.29, 1.82) is 0 Å². The first kappa shape index (κ1) is 36.2. The minimum atomic E-state index is 0.290. The molecule has 8 aromatic carbocycles. The Bertz CT molecular complexity index is 3540. The molecule has 0 radical (unpaired) electrons. The van der Waals surface area contributed by atoms with Crippen molar-refractivity contribution in [2.24, 2.45) is 0 Å². The third-order valence-corrected chi connectivity index (χ3v) is 13.2. The second kappa shape index (κ2) is 15.1. The molecule has 2 unspecified atom stereocenters. The van der Waals surface area contributed by atoms with E-state index in [-0.39, 0.29) is 0 Å². The predicted molar refractivity (Wildman–Crippen MR) is 260 cm³/mol. The molecule has 0 aliphatic heterocycles. The van der Waals surface area contributed by atoms with E-state index in [1.54, 1.807) is 0 Å². The number of fused-ring (bicyclic) bond motifs is 6. The van der Waals surface area contributed by atoms with Gasteiger partial charge in [0, 0.05) is 55.1 Å². The average molecular weight is 793 g/mol. The molecule has 2 atom stereocenters. The van der Waals surface area contributed by atoms with Gasteiger partial charge < -0.3 is 9.13 Å². The third kappa shape index (κ3) is 6.26. The lowest BCUT2D eigenvalue weighted by molar-refractivity contribution is 0.888. The van der Waals surface area contributed by atoms with Crippen molar-refractivity contribution in [3.63, 3.8) is 0 Å². The summed E-state index contributed by atoms with van der Waals surface area (Å²) in [5.41, 5.74) is 15.0. The fourth-order valence-corrected chi connectivity index (χ4v) is 10.1. The summed E-state index contributed by atoms with van der Waals surface area (Å²) in [6.07, 6.45) is 11.9. The van der Waals surface area contributed by atoms with E-state index in [0.29, 0.717) is 11.8 Å². The SMILES string of the molecule is C1=c2c(n(-c3ccccc3)c3ccccc23)=CCC1c1ccc(C2C=c3c(n(-c4ccccc4)c4ccc(-c5ccc(-c6cccc(-c7ccccc7)c6)cc5)cc34)=CC2)cc1. The number of nitrogens with zero attached hydrogens (tertiary/aromatic N) is 2. The van der Waals surface area contributed by atoms with Crippen LogP contribution in [0.25, 0.3) is 90.9 Å². The maximum absolute atomic E-state index is 2.53. The molecular weight excluding hydrogens is 749 g/mol. The van der Waals surface area contributed by atoms with Gasteiger partial charge in [0.1, 0.15) is 0 Å². The highest BCUT2D eigenvalue weighted by Crippen LogP contribution is 2.33. The topological polar surface area (TPSA) is 9.86 Å². The Labute approximate surface area is 361 Å². The Morgan fingerprint density at radius 1 is 0.323 bits per heavy atom. The minimum Gasteiger partial charge on any atom is -0.310 e. The highest BCUT2D eigenvalue weighted by molar-refractivity contribution is 5.90. The van der Waals surface area contributed by atoms with Gasteiger partial charge in [0.15, 0.2) is 0 Å². The number of hydrogen-bond acceptors (Lipinski definition) is 0. The van der Waals surface area contributed by atoms with E-state index in [1.807, 2.05) is 0 Å². The molecule has 294 valence electrons. The second-order valence-corrected chi connectivity index (χ2v) is 16.8. The van der Waals surface area contributed by atoms with Gasteiger partial charge in [-0.25, -0.2) is 0 Å². The average Bonchev–Trinajstić information content (AvgIpc) is 3.87. The van der Waals surface area contributed by atoms with Crippen LogP contribution in [-0.4, -0.2) is 9.13 Å². The Hall–Kier alpha value is -7.68. The number of para-hydroxylation sites is 3. The molecule has 0 N–H and O–H groups in total. The summed E-state index contributed by atoms with van der Waals surface area (Å²) in [5.74, 6) is 0.620. The third-order valence-electron chi connectivity index (χ3n) is 13.2. The Balaban J connectivity index is 0.886. The molecule has 0 fully saturated rings. The normalized spacial score (nSPS) is 15.5. The van der Waals surface area contributed by atoms with E-state index in [1.165, 1.54) is 98.8 Å². The summed E-state index contributed by atoms with van der Waals surface area (Å²) in [4.78, 5) is 0. The van der Waals surface area contributed by atoms with Gasteiger partial charge in [-0.05, 0) is 106 Å². The van der Waals surface area contributed by atoms with Gasteiger partial charge in [0.05, 0.1) is 11.0 Å². The molecule has 0 saturated carbocycles. The van der Waals surface area contributed by atoms with Crippen molar-refractivity contribution < 1.29 is 0 Å². The molecule has 2 aliphatic rings. The van der Waals surface area contributed by atoms with Gasteiger partial charge in [-0.1, -0.05) is 182 Å².